The molecule has 2 aromatic rings. The summed E-state index contributed by atoms with van der Waals surface area (Å²) < 4.78 is 0. The molecule has 0 radical (unpaired) electrons. The van der Waals surface area contributed by atoms with Crippen molar-refractivity contribution in [1.29, 1.82) is 0 Å². The van der Waals surface area contributed by atoms with Gasteiger partial charge in [-0.15, -0.1) is 0 Å². The van der Waals surface area contributed by atoms with Crippen LogP contribution in [0.2, 0.25) is 0 Å². The van der Waals surface area contributed by atoms with Crippen molar-refractivity contribution in [2.24, 2.45) is 23.2 Å². The molecule has 33 heavy (non-hydrogen) atoms. The molecule has 2 heterocycles. The third-order valence-corrected chi connectivity index (χ3v) is 11.1. The summed E-state index contributed by atoms with van der Waals surface area (Å²) >= 11 is 0. The Labute approximate surface area is 197 Å². The number of fused-ring (bicyclic) bond motifs is 1. The summed E-state index contributed by atoms with van der Waals surface area (Å²) in [4.78, 5) is 5.77. The highest BCUT2D eigenvalue weighted by Gasteiger charge is 2.76. The lowest BCUT2D eigenvalue weighted by atomic mass is 9.43. The van der Waals surface area contributed by atoms with E-state index in [4.69, 9.17) is 0 Å². The molecule has 2 saturated heterocycles. The highest BCUT2D eigenvalue weighted by atomic mass is 16.3. The van der Waals surface area contributed by atoms with Crippen LogP contribution in [0.5, 0.6) is 5.75 Å². The van der Waals surface area contributed by atoms with Crippen molar-refractivity contribution < 1.29 is 5.11 Å². The SMILES string of the molecule is Oc1cccc2c1C13CCN(CC4CC4)C(C2)C12CCC1C3[C@@H](CN1Cc1ccccc1)C2. The highest BCUT2D eigenvalue weighted by Crippen LogP contribution is 2.76. The van der Waals surface area contributed by atoms with Crippen LogP contribution in [-0.2, 0) is 18.4 Å². The zero-order valence-electron chi connectivity index (χ0n) is 19.6. The maximum absolute atomic E-state index is 11.4. The molecule has 6 aliphatic rings. The number of likely N-dealkylation sites (tertiary alicyclic amines) is 2. The van der Waals surface area contributed by atoms with Crippen molar-refractivity contribution in [3.63, 3.8) is 0 Å². The topological polar surface area (TPSA) is 26.7 Å². The Bertz CT molecular complexity index is 1100. The summed E-state index contributed by atoms with van der Waals surface area (Å²) in [6.07, 6.45) is 9.41. The van der Waals surface area contributed by atoms with Gasteiger partial charge in [-0.1, -0.05) is 42.5 Å². The number of nitrogens with zero attached hydrogens (tertiary/aromatic N) is 2. The number of hydrogen-bond donors (Lipinski definition) is 1. The van der Waals surface area contributed by atoms with Crippen molar-refractivity contribution >= 4 is 0 Å². The summed E-state index contributed by atoms with van der Waals surface area (Å²) in [5, 5.41) is 11.4. The normalized spacial score (nSPS) is 41.1. The van der Waals surface area contributed by atoms with Crippen LogP contribution >= 0.6 is 0 Å². The van der Waals surface area contributed by atoms with E-state index >= 15 is 0 Å². The molecule has 8 rings (SSSR count). The Morgan fingerprint density at radius 1 is 0.939 bits per heavy atom. The van der Waals surface area contributed by atoms with Gasteiger partial charge in [0.15, 0.2) is 0 Å². The van der Waals surface area contributed by atoms with Gasteiger partial charge in [-0.2, -0.15) is 0 Å². The van der Waals surface area contributed by atoms with Crippen molar-refractivity contribution in [3.05, 3.63) is 65.2 Å². The van der Waals surface area contributed by atoms with Crippen LogP contribution in [0, 0.1) is 23.2 Å². The lowest BCUT2D eigenvalue weighted by Gasteiger charge is -2.66. The first-order valence-corrected chi connectivity index (χ1v) is 13.5. The second-order valence-electron chi connectivity index (χ2n) is 12.4. The van der Waals surface area contributed by atoms with Gasteiger partial charge in [0.05, 0.1) is 0 Å². The van der Waals surface area contributed by atoms with E-state index in [1.54, 1.807) is 0 Å². The molecular weight excluding hydrogens is 404 g/mol. The number of rotatable bonds is 4. The Kier molecular flexibility index (Phi) is 3.91. The van der Waals surface area contributed by atoms with Crippen LogP contribution < -0.4 is 0 Å². The molecule has 2 aliphatic heterocycles. The fourth-order valence-electron chi connectivity index (χ4n) is 10.1. The molecule has 4 aliphatic carbocycles. The van der Waals surface area contributed by atoms with Crippen LogP contribution in [-0.4, -0.2) is 46.6 Å². The minimum Gasteiger partial charge on any atom is -0.508 e. The van der Waals surface area contributed by atoms with Crippen molar-refractivity contribution in [3.8, 4) is 5.75 Å². The van der Waals surface area contributed by atoms with E-state index in [2.05, 4.69) is 52.3 Å². The first kappa shape index (κ1) is 19.5. The van der Waals surface area contributed by atoms with Gasteiger partial charge in [-0.3, -0.25) is 9.80 Å². The summed E-state index contributed by atoms with van der Waals surface area (Å²) in [7, 11) is 0. The Morgan fingerprint density at radius 2 is 1.82 bits per heavy atom. The van der Waals surface area contributed by atoms with Crippen LogP contribution in [0.4, 0.5) is 0 Å². The highest BCUT2D eigenvalue weighted by molar-refractivity contribution is 5.54. The summed E-state index contributed by atoms with van der Waals surface area (Å²) in [5.74, 6) is 3.06. The molecule has 3 saturated carbocycles. The van der Waals surface area contributed by atoms with E-state index in [9.17, 15) is 5.11 Å². The lowest BCUT2D eigenvalue weighted by Crippen LogP contribution is -2.69. The molecule has 1 N–H and O–H groups in total. The average molecular weight is 441 g/mol. The van der Waals surface area contributed by atoms with Gasteiger partial charge in [0, 0.05) is 42.7 Å². The van der Waals surface area contributed by atoms with Crippen LogP contribution in [0.25, 0.3) is 0 Å². The summed E-state index contributed by atoms with van der Waals surface area (Å²) in [5.41, 5.74) is 4.90. The van der Waals surface area contributed by atoms with Crippen LogP contribution in [0.15, 0.2) is 48.5 Å². The van der Waals surface area contributed by atoms with Crippen molar-refractivity contribution in [1.82, 2.24) is 9.80 Å². The Morgan fingerprint density at radius 3 is 2.67 bits per heavy atom. The molecule has 0 amide bonds. The van der Waals surface area contributed by atoms with Gasteiger partial charge in [0.2, 0.25) is 0 Å². The number of benzene rings is 2. The third-order valence-electron chi connectivity index (χ3n) is 11.1. The fraction of sp³-hybridized carbons (Fsp3) is 0.600. The lowest BCUT2D eigenvalue weighted by molar-refractivity contribution is -0.106. The van der Waals surface area contributed by atoms with Gasteiger partial charge < -0.3 is 5.11 Å². The van der Waals surface area contributed by atoms with Crippen LogP contribution in [0.1, 0.15) is 55.2 Å². The monoisotopic (exact) mass is 440 g/mol. The molecule has 4 bridgehead atoms. The van der Waals surface area contributed by atoms with Gasteiger partial charge in [0.25, 0.3) is 0 Å². The Hall–Kier alpha value is -1.84. The second-order valence-corrected chi connectivity index (χ2v) is 12.4. The molecule has 0 spiro atoms. The van der Waals surface area contributed by atoms with Crippen LogP contribution in [0.3, 0.4) is 0 Å². The largest absolute Gasteiger partial charge is 0.508 e. The number of piperidine rings is 1. The quantitative estimate of drug-likeness (QED) is 0.727. The molecular formula is C30H36N2O. The van der Waals surface area contributed by atoms with Gasteiger partial charge in [-0.05, 0) is 91.9 Å². The predicted octanol–water partition coefficient (Wildman–Crippen LogP) is 4.97. The minimum absolute atomic E-state index is 0.190. The zero-order chi connectivity index (χ0) is 21.8. The van der Waals surface area contributed by atoms with E-state index in [0.29, 0.717) is 29.2 Å². The first-order chi connectivity index (χ1) is 16.2. The predicted molar refractivity (Wildman–Crippen MR) is 130 cm³/mol. The average Bonchev–Trinajstić information content (AvgIpc) is 3.53. The molecule has 3 heteroatoms. The van der Waals surface area contributed by atoms with Gasteiger partial charge >= 0.3 is 0 Å². The van der Waals surface area contributed by atoms with Gasteiger partial charge in [-0.25, -0.2) is 0 Å². The smallest absolute Gasteiger partial charge is 0.119 e. The fourth-order valence-corrected chi connectivity index (χ4v) is 10.1. The zero-order valence-corrected chi connectivity index (χ0v) is 19.6. The summed E-state index contributed by atoms with van der Waals surface area (Å²) in [6, 6.07) is 18.9. The van der Waals surface area contributed by atoms with Gasteiger partial charge in [0.1, 0.15) is 5.75 Å². The molecule has 5 unspecified atom stereocenters. The van der Waals surface area contributed by atoms with E-state index in [1.165, 1.54) is 74.8 Å². The Balaban J connectivity index is 1.25. The van der Waals surface area contributed by atoms with Crippen molar-refractivity contribution in [2.75, 3.05) is 19.6 Å². The van der Waals surface area contributed by atoms with E-state index in [1.807, 2.05) is 6.07 Å². The molecule has 2 aromatic carbocycles. The number of hydrogen-bond acceptors (Lipinski definition) is 3. The molecule has 6 atom stereocenters. The molecule has 3 nitrogen and oxygen atoms in total. The number of phenols is 1. The standard InChI is InChI=1S/C30H36N2O/c33-25-8-4-7-22-15-26-29-12-11-24-27(23(16-29)19-32(24)18-20-5-2-1-3-6-20)30(29,28(22)25)13-14-31(26)17-21-9-10-21/h1-8,21,23-24,26-27,33H,9-19H2/t23-,24?,26?,27?,29?,30?/m1/s1. The van der Waals surface area contributed by atoms with E-state index in [-0.39, 0.29) is 5.41 Å². The van der Waals surface area contributed by atoms with Crippen molar-refractivity contribution in [2.45, 2.75) is 69.0 Å². The number of aromatic hydroxyl groups is 1. The second kappa shape index (κ2) is 6.64. The minimum atomic E-state index is 0.190. The molecule has 0 aromatic heterocycles. The molecule has 5 fully saturated rings. The summed E-state index contributed by atoms with van der Waals surface area (Å²) in [6.45, 7) is 4.92. The first-order valence-electron chi connectivity index (χ1n) is 13.5. The third kappa shape index (κ3) is 2.43. The van der Waals surface area contributed by atoms with E-state index < -0.39 is 0 Å². The maximum Gasteiger partial charge on any atom is 0.119 e. The maximum atomic E-state index is 11.4. The van der Waals surface area contributed by atoms with E-state index in [0.717, 1.165) is 24.8 Å². The number of phenolic OH excluding ortho intramolecular Hbond substituents is 1. The molecule has 172 valence electrons.